The van der Waals surface area contributed by atoms with Crippen LogP contribution in [-0.2, 0) is 20.2 Å². The second kappa shape index (κ2) is 8.39. The van der Waals surface area contributed by atoms with Crippen LogP contribution >= 0.6 is 11.6 Å². The van der Waals surface area contributed by atoms with Crippen molar-refractivity contribution >= 4 is 33.3 Å². The molecule has 0 aliphatic carbocycles. The summed E-state index contributed by atoms with van der Waals surface area (Å²) in [5.41, 5.74) is 3.69. The number of sulfonamides is 1. The summed E-state index contributed by atoms with van der Waals surface area (Å²) < 4.78 is 33.8. The van der Waals surface area contributed by atoms with Crippen molar-refractivity contribution in [3.63, 3.8) is 0 Å². The summed E-state index contributed by atoms with van der Waals surface area (Å²) >= 11 is 6.15. The number of fused-ring (bicyclic) bond motifs is 1. The van der Waals surface area contributed by atoms with Crippen molar-refractivity contribution in [3.8, 4) is 16.9 Å². The highest BCUT2D eigenvalue weighted by atomic mass is 35.5. The third-order valence-corrected chi connectivity index (χ3v) is 7.77. The summed E-state index contributed by atoms with van der Waals surface area (Å²) in [7, 11) is -3.84. The molecule has 3 aromatic carbocycles. The van der Waals surface area contributed by atoms with Crippen LogP contribution in [-0.4, -0.2) is 32.6 Å². The van der Waals surface area contributed by atoms with E-state index in [9.17, 15) is 13.2 Å². The summed E-state index contributed by atoms with van der Waals surface area (Å²) in [5, 5.41) is 9.45. The van der Waals surface area contributed by atoms with Gasteiger partial charge in [0.2, 0.25) is 0 Å². The zero-order valence-electron chi connectivity index (χ0n) is 18.5. The Bertz CT molecular complexity index is 1350. The molecular weight excluding hydrogens is 462 g/mol. The lowest BCUT2D eigenvalue weighted by molar-refractivity contribution is -0.139. The monoisotopic (exact) mass is 485 g/mol. The minimum absolute atomic E-state index is 0.130. The minimum atomic E-state index is -3.84. The highest BCUT2D eigenvalue weighted by Gasteiger charge is 2.41. The summed E-state index contributed by atoms with van der Waals surface area (Å²) in [5.74, 6) is -0.760. The van der Waals surface area contributed by atoms with Crippen molar-refractivity contribution < 1.29 is 23.1 Å². The van der Waals surface area contributed by atoms with E-state index < -0.39 is 28.0 Å². The number of hydrogen-bond acceptors (Lipinski definition) is 4. The van der Waals surface area contributed by atoms with E-state index in [4.69, 9.17) is 21.4 Å². The van der Waals surface area contributed by atoms with Gasteiger partial charge < -0.3 is 9.84 Å². The molecule has 1 aliphatic rings. The van der Waals surface area contributed by atoms with Gasteiger partial charge in [0, 0.05) is 17.0 Å². The highest BCUT2D eigenvalue weighted by molar-refractivity contribution is 7.92. The molecule has 1 heterocycles. The van der Waals surface area contributed by atoms with Gasteiger partial charge in [-0.1, -0.05) is 43.6 Å². The Balaban J connectivity index is 1.71. The first-order chi connectivity index (χ1) is 15.5. The van der Waals surface area contributed by atoms with Gasteiger partial charge >= 0.3 is 5.97 Å². The number of carboxylic acids is 1. The number of ether oxygens (including phenoxy) is 1. The van der Waals surface area contributed by atoms with Gasteiger partial charge in [-0.25, -0.2) is 13.2 Å². The summed E-state index contributed by atoms with van der Waals surface area (Å²) in [6.07, 6.45) is 0. The average Bonchev–Trinajstić information content (AvgIpc) is 3.04. The van der Waals surface area contributed by atoms with Gasteiger partial charge in [-0.15, -0.1) is 0 Å². The fourth-order valence-electron chi connectivity index (χ4n) is 4.10. The Morgan fingerprint density at radius 3 is 2.48 bits per heavy atom. The maximum Gasteiger partial charge on any atom is 0.341 e. The number of hydrogen-bond donors (Lipinski definition) is 1. The SMILES string of the molecule is Cc1cc(S(=O)(=O)N2CC(C)(C)c3cc(-c4cccc(Cl)c4)ccc32)ccc1OCC(=O)O. The topological polar surface area (TPSA) is 83.9 Å². The number of benzene rings is 3. The molecule has 0 saturated heterocycles. The molecule has 0 radical (unpaired) electrons. The molecule has 172 valence electrons. The zero-order chi connectivity index (χ0) is 24.0. The molecule has 0 aromatic heterocycles. The Morgan fingerprint density at radius 1 is 1.09 bits per heavy atom. The first-order valence-corrected chi connectivity index (χ1v) is 12.2. The van der Waals surface area contributed by atoms with Crippen molar-refractivity contribution in [1.29, 1.82) is 0 Å². The molecule has 1 N–H and O–H groups in total. The van der Waals surface area contributed by atoms with Gasteiger partial charge in [0.25, 0.3) is 10.0 Å². The summed E-state index contributed by atoms with van der Waals surface area (Å²) in [4.78, 5) is 10.9. The smallest absolute Gasteiger partial charge is 0.341 e. The number of carbonyl (C=O) groups is 1. The Kier molecular flexibility index (Phi) is 5.88. The minimum Gasteiger partial charge on any atom is -0.482 e. The van der Waals surface area contributed by atoms with E-state index in [1.807, 2.05) is 56.3 Å². The molecular formula is C25H24ClNO5S. The molecule has 1 aliphatic heterocycles. The molecule has 0 bridgehead atoms. The fraction of sp³-hybridized carbons (Fsp3) is 0.240. The van der Waals surface area contributed by atoms with Crippen LogP contribution in [0.3, 0.4) is 0 Å². The van der Waals surface area contributed by atoms with E-state index in [1.54, 1.807) is 6.92 Å². The molecule has 0 fully saturated rings. The third-order valence-electron chi connectivity index (χ3n) is 5.78. The first-order valence-electron chi connectivity index (χ1n) is 10.4. The largest absolute Gasteiger partial charge is 0.482 e. The summed E-state index contributed by atoms with van der Waals surface area (Å²) in [6.45, 7) is 5.55. The lowest BCUT2D eigenvalue weighted by atomic mass is 9.85. The number of halogens is 1. The number of aryl methyl sites for hydroxylation is 1. The van der Waals surface area contributed by atoms with Crippen LogP contribution in [0.5, 0.6) is 5.75 Å². The van der Waals surface area contributed by atoms with Crippen molar-refractivity contribution in [2.24, 2.45) is 0 Å². The number of aliphatic carboxylic acids is 1. The summed E-state index contributed by atoms with van der Waals surface area (Å²) in [6, 6.07) is 17.8. The van der Waals surface area contributed by atoms with E-state index >= 15 is 0 Å². The normalized spacial score (nSPS) is 14.7. The van der Waals surface area contributed by atoms with Gasteiger partial charge in [-0.3, -0.25) is 4.31 Å². The van der Waals surface area contributed by atoms with E-state index in [0.29, 0.717) is 28.6 Å². The number of carboxylic acid groups (broad SMARTS) is 1. The second-order valence-corrected chi connectivity index (χ2v) is 11.0. The molecule has 0 saturated carbocycles. The first kappa shape index (κ1) is 23.1. The Hall–Kier alpha value is -3.03. The van der Waals surface area contributed by atoms with E-state index in [-0.39, 0.29) is 4.90 Å². The van der Waals surface area contributed by atoms with Crippen molar-refractivity contribution in [2.75, 3.05) is 17.5 Å². The van der Waals surface area contributed by atoms with E-state index in [1.165, 1.54) is 22.5 Å². The lowest BCUT2D eigenvalue weighted by Gasteiger charge is -2.22. The molecule has 0 spiro atoms. The molecule has 8 heteroatoms. The van der Waals surface area contributed by atoms with Crippen molar-refractivity contribution in [3.05, 3.63) is 76.8 Å². The van der Waals surface area contributed by atoms with Gasteiger partial charge in [-0.05, 0) is 71.6 Å². The van der Waals surface area contributed by atoms with Crippen LogP contribution in [0.2, 0.25) is 5.02 Å². The van der Waals surface area contributed by atoms with Crippen LogP contribution in [0, 0.1) is 6.92 Å². The Morgan fingerprint density at radius 2 is 1.82 bits per heavy atom. The van der Waals surface area contributed by atoms with Gasteiger partial charge in [0.15, 0.2) is 6.61 Å². The van der Waals surface area contributed by atoms with Crippen LogP contribution in [0.4, 0.5) is 5.69 Å². The van der Waals surface area contributed by atoms with Gasteiger partial charge in [0.05, 0.1) is 10.6 Å². The van der Waals surface area contributed by atoms with E-state index in [2.05, 4.69) is 0 Å². The molecule has 3 aromatic rings. The number of nitrogens with zero attached hydrogens (tertiary/aromatic N) is 1. The zero-order valence-corrected chi connectivity index (χ0v) is 20.1. The quantitative estimate of drug-likeness (QED) is 0.514. The lowest BCUT2D eigenvalue weighted by Crippen LogP contribution is -2.34. The third kappa shape index (κ3) is 4.43. The molecule has 0 unspecified atom stereocenters. The number of rotatable bonds is 6. The predicted octanol–water partition coefficient (Wildman–Crippen LogP) is 5.27. The standard InChI is InChI=1S/C25H24ClNO5S/c1-16-11-20(8-10-23(16)32-14-24(28)29)33(30,31)27-15-25(2,3)21-13-18(7-9-22(21)27)17-5-4-6-19(26)12-17/h4-13H,14-15H2,1-3H3,(H,28,29). The molecule has 0 atom stereocenters. The fourth-order valence-corrected chi connectivity index (χ4v) is 6.02. The average molecular weight is 486 g/mol. The van der Waals surface area contributed by atoms with Crippen molar-refractivity contribution in [1.82, 2.24) is 0 Å². The van der Waals surface area contributed by atoms with Crippen LogP contribution in [0.15, 0.2) is 65.6 Å². The molecule has 6 nitrogen and oxygen atoms in total. The van der Waals surface area contributed by atoms with Gasteiger partial charge in [0.1, 0.15) is 5.75 Å². The molecule has 0 amide bonds. The second-order valence-electron chi connectivity index (χ2n) is 8.75. The number of anilines is 1. The maximum absolute atomic E-state index is 13.6. The highest BCUT2D eigenvalue weighted by Crippen LogP contribution is 2.45. The van der Waals surface area contributed by atoms with Gasteiger partial charge in [-0.2, -0.15) is 0 Å². The van der Waals surface area contributed by atoms with Crippen LogP contribution in [0.25, 0.3) is 11.1 Å². The van der Waals surface area contributed by atoms with Crippen LogP contribution in [0.1, 0.15) is 25.0 Å². The van der Waals surface area contributed by atoms with Crippen molar-refractivity contribution in [2.45, 2.75) is 31.1 Å². The molecule has 4 rings (SSSR count). The molecule has 33 heavy (non-hydrogen) atoms. The van der Waals surface area contributed by atoms with E-state index in [0.717, 1.165) is 16.7 Å². The maximum atomic E-state index is 13.6. The Labute approximate surface area is 198 Å². The predicted molar refractivity (Wildman–Crippen MR) is 129 cm³/mol. The van der Waals surface area contributed by atoms with Crippen LogP contribution < -0.4 is 9.04 Å².